The zero-order valence-corrected chi connectivity index (χ0v) is 13.6. The van der Waals surface area contributed by atoms with Crippen LogP contribution in [0.25, 0.3) is 0 Å². The zero-order valence-electron chi connectivity index (χ0n) is 13.6. The van der Waals surface area contributed by atoms with Crippen LogP contribution in [0, 0.1) is 0 Å². The molecule has 0 aromatic carbocycles. The molecular formula is C18H22N2O4. The van der Waals surface area contributed by atoms with Crippen LogP contribution >= 0.6 is 0 Å². The Bertz CT molecular complexity index is 573. The number of hydrogen-bond acceptors (Lipinski definition) is 6. The maximum Gasteiger partial charge on any atom is 0.235 e. The largest absolute Gasteiger partial charge is 0.394 e. The third-order valence-electron chi connectivity index (χ3n) is 3.66. The topological polar surface area (TPSA) is 99.3 Å². The summed E-state index contributed by atoms with van der Waals surface area (Å²) in [6.45, 7) is 1.39. The first-order valence-corrected chi connectivity index (χ1v) is 7.67. The second-order valence-corrected chi connectivity index (χ2v) is 5.80. The molecule has 2 N–H and O–H groups in total. The monoisotopic (exact) mass is 330 g/mol. The van der Waals surface area contributed by atoms with E-state index in [1.807, 2.05) is 48.6 Å². The summed E-state index contributed by atoms with van der Waals surface area (Å²) in [6, 6.07) is 0. The summed E-state index contributed by atoms with van der Waals surface area (Å²) in [5, 5.41) is 16.0. The van der Waals surface area contributed by atoms with Gasteiger partial charge in [0.15, 0.2) is 0 Å². The molecule has 6 heteroatoms. The molecular weight excluding hydrogens is 308 g/mol. The van der Waals surface area contributed by atoms with E-state index >= 15 is 0 Å². The predicted molar refractivity (Wildman–Crippen MR) is 90.9 cm³/mol. The van der Waals surface area contributed by atoms with Gasteiger partial charge in [-0.3, -0.25) is 0 Å². The molecule has 0 heterocycles. The highest BCUT2D eigenvalue weighted by atomic mass is 16.3. The molecule has 24 heavy (non-hydrogen) atoms. The lowest BCUT2D eigenvalue weighted by Crippen LogP contribution is -2.37. The van der Waals surface area contributed by atoms with Gasteiger partial charge < -0.3 is 10.2 Å². The number of aliphatic imine (C=N–C) groups is 2. The van der Waals surface area contributed by atoms with Gasteiger partial charge in [0.05, 0.1) is 23.8 Å². The third-order valence-corrected chi connectivity index (χ3v) is 3.66. The first-order chi connectivity index (χ1) is 11.5. The maximum absolute atomic E-state index is 10.7. The Labute approximate surface area is 141 Å². The van der Waals surface area contributed by atoms with E-state index in [0.29, 0.717) is 19.3 Å². The Hall–Kier alpha value is -2.36. The molecule has 0 aromatic heterocycles. The van der Waals surface area contributed by atoms with Crippen molar-refractivity contribution in [3.8, 4) is 0 Å². The molecule has 0 radical (unpaired) electrons. The highest BCUT2D eigenvalue weighted by Crippen LogP contribution is 2.37. The summed E-state index contributed by atoms with van der Waals surface area (Å²) >= 11 is 0. The Kier molecular flexibility index (Phi) is 7.96. The second-order valence-electron chi connectivity index (χ2n) is 5.80. The summed E-state index contributed by atoms with van der Waals surface area (Å²) < 4.78 is 0. The van der Waals surface area contributed by atoms with Crippen molar-refractivity contribution < 1.29 is 19.8 Å². The van der Waals surface area contributed by atoms with Crippen LogP contribution in [0.2, 0.25) is 0 Å². The zero-order chi connectivity index (χ0) is 17.9. The molecule has 2 aliphatic rings. The maximum atomic E-state index is 10.7. The lowest BCUT2D eigenvalue weighted by molar-refractivity contribution is 0.110. The molecule has 0 aliphatic heterocycles. The van der Waals surface area contributed by atoms with Crippen LogP contribution in [0.5, 0.6) is 0 Å². The van der Waals surface area contributed by atoms with Crippen molar-refractivity contribution in [2.24, 2.45) is 9.98 Å². The molecule has 0 amide bonds. The average molecular weight is 330 g/mol. The SMILES string of the molecule is CC(O)CO.O=C=NC1(CC2(N=C=O)C=CC=CC2)C=CC=CC1. The molecule has 6 nitrogen and oxygen atoms in total. The average Bonchev–Trinajstić information content (AvgIpc) is 2.57. The van der Waals surface area contributed by atoms with Crippen LogP contribution in [0.15, 0.2) is 58.6 Å². The van der Waals surface area contributed by atoms with Crippen LogP contribution in [0.4, 0.5) is 0 Å². The molecule has 3 atom stereocenters. The van der Waals surface area contributed by atoms with Crippen LogP contribution in [0.1, 0.15) is 26.2 Å². The summed E-state index contributed by atoms with van der Waals surface area (Å²) in [4.78, 5) is 29.3. The van der Waals surface area contributed by atoms with Crippen molar-refractivity contribution in [1.82, 2.24) is 0 Å². The minimum Gasteiger partial charge on any atom is -0.394 e. The highest BCUT2D eigenvalue weighted by molar-refractivity contribution is 5.42. The molecule has 0 fully saturated rings. The van der Waals surface area contributed by atoms with Gasteiger partial charge >= 0.3 is 0 Å². The fourth-order valence-corrected chi connectivity index (χ4v) is 2.53. The number of carbonyl (C=O) groups excluding carboxylic acids is 2. The van der Waals surface area contributed by atoms with Crippen LogP contribution in [-0.4, -0.2) is 46.2 Å². The van der Waals surface area contributed by atoms with E-state index in [1.54, 1.807) is 12.2 Å². The van der Waals surface area contributed by atoms with Gasteiger partial charge in [0.1, 0.15) is 0 Å². The minimum absolute atomic E-state index is 0.139. The number of allylic oxidation sites excluding steroid dienone is 4. The number of aliphatic hydroxyl groups is 2. The number of rotatable bonds is 5. The molecule has 3 unspecified atom stereocenters. The molecule has 0 aromatic rings. The first kappa shape index (κ1) is 19.7. The van der Waals surface area contributed by atoms with Gasteiger partial charge in [0.2, 0.25) is 12.2 Å². The van der Waals surface area contributed by atoms with Gasteiger partial charge in [-0.1, -0.05) is 48.6 Å². The van der Waals surface area contributed by atoms with Gasteiger partial charge in [0.25, 0.3) is 0 Å². The fourth-order valence-electron chi connectivity index (χ4n) is 2.53. The van der Waals surface area contributed by atoms with Gasteiger partial charge in [0, 0.05) is 6.42 Å². The highest BCUT2D eigenvalue weighted by Gasteiger charge is 2.38. The summed E-state index contributed by atoms with van der Waals surface area (Å²) in [6.07, 6.45) is 19.5. The van der Waals surface area contributed by atoms with E-state index in [9.17, 15) is 9.59 Å². The fraction of sp³-hybridized carbons (Fsp3) is 0.444. The van der Waals surface area contributed by atoms with Crippen molar-refractivity contribution >= 4 is 12.2 Å². The van der Waals surface area contributed by atoms with Crippen molar-refractivity contribution in [3.63, 3.8) is 0 Å². The van der Waals surface area contributed by atoms with E-state index in [2.05, 4.69) is 9.98 Å². The van der Waals surface area contributed by atoms with Crippen LogP contribution < -0.4 is 0 Å². The standard InChI is InChI=1S/C15H14N2O2.C3H8O2/c18-12-16-14(7-3-1-4-8-14)11-15(17-13-19)9-5-2-6-10-15;1-3(5)2-4/h1-7,9H,8,10-11H2;3-5H,2H2,1H3. The number of hydrogen-bond donors (Lipinski definition) is 2. The summed E-state index contributed by atoms with van der Waals surface area (Å²) in [5.74, 6) is 0. The first-order valence-electron chi connectivity index (χ1n) is 7.67. The van der Waals surface area contributed by atoms with E-state index in [-0.39, 0.29) is 6.61 Å². The quantitative estimate of drug-likeness (QED) is 0.594. The van der Waals surface area contributed by atoms with Crippen molar-refractivity contribution in [2.45, 2.75) is 43.4 Å². The van der Waals surface area contributed by atoms with Gasteiger partial charge in [-0.05, 0) is 19.8 Å². The Morgan fingerprint density at radius 3 is 1.67 bits per heavy atom. The molecule has 0 bridgehead atoms. The van der Waals surface area contributed by atoms with Crippen molar-refractivity contribution in [1.29, 1.82) is 0 Å². The number of nitrogens with zero attached hydrogens (tertiary/aromatic N) is 2. The Balaban J connectivity index is 0.000000505. The predicted octanol–water partition coefficient (Wildman–Crippen LogP) is 1.92. The van der Waals surface area contributed by atoms with Gasteiger partial charge in [-0.2, -0.15) is 9.98 Å². The number of isocyanates is 2. The second kappa shape index (κ2) is 9.71. The molecule has 128 valence electrons. The smallest absolute Gasteiger partial charge is 0.235 e. The molecule has 2 aliphatic carbocycles. The van der Waals surface area contributed by atoms with E-state index in [0.717, 1.165) is 0 Å². The van der Waals surface area contributed by atoms with Crippen molar-refractivity contribution in [3.05, 3.63) is 48.6 Å². The lowest BCUT2D eigenvalue weighted by Gasteiger charge is -2.34. The third kappa shape index (κ3) is 6.03. The van der Waals surface area contributed by atoms with Crippen LogP contribution in [-0.2, 0) is 9.59 Å². The molecule has 0 saturated heterocycles. The van der Waals surface area contributed by atoms with Crippen LogP contribution in [0.3, 0.4) is 0 Å². The van der Waals surface area contributed by atoms with Gasteiger partial charge in [-0.15, -0.1) is 0 Å². The van der Waals surface area contributed by atoms with Crippen molar-refractivity contribution in [2.75, 3.05) is 6.61 Å². The lowest BCUT2D eigenvalue weighted by atomic mass is 9.76. The van der Waals surface area contributed by atoms with E-state index in [1.165, 1.54) is 6.92 Å². The number of aliphatic hydroxyl groups excluding tert-OH is 2. The minimum atomic E-state index is -0.674. The van der Waals surface area contributed by atoms with E-state index < -0.39 is 17.2 Å². The molecule has 0 spiro atoms. The normalized spacial score (nSPS) is 28.1. The van der Waals surface area contributed by atoms with Gasteiger partial charge in [-0.25, -0.2) is 9.59 Å². The Morgan fingerprint density at radius 1 is 1.00 bits per heavy atom. The molecule has 0 saturated carbocycles. The summed E-state index contributed by atoms with van der Waals surface area (Å²) in [5.41, 5.74) is -1.35. The van der Waals surface area contributed by atoms with E-state index in [4.69, 9.17) is 10.2 Å². The molecule has 2 rings (SSSR count). The Morgan fingerprint density at radius 2 is 1.42 bits per heavy atom. The summed E-state index contributed by atoms with van der Waals surface area (Å²) in [7, 11) is 0.